The van der Waals surface area contributed by atoms with Gasteiger partial charge in [0.1, 0.15) is 0 Å². The highest BCUT2D eigenvalue weighted by molar-refractivity contribution is 5.96. The van der Waals surface area contributed by atoms with Crippen LogP contribution in [0.15, 0.2) is 79.4 Å². The maximum Gasteiger partial charge on any atom is 0.281 e. The van der Waals surface area contributed by atoms with Gasteiger partial charge in [0.25, 0.3) is 5.91 Å². The van der Waals surface area contributed by atoms with Crippen LogP contribution in [0.1, 0.15) is 15.9 Å². The van der Waals surface area contributed by atoms with Gasteiger partial charge in [0.2, 0.25) is 5.95 Å². The zero-order chi connectivity index (χ0) is 18.5. The molecule has 0 unspecified atom stereocenters. The summed E-state index contributed by atoms with van der Waals surface area (Å²) < 4.78 is 1.28. The van der Waals surface area contributed by atoms with E-state index in [4.69, 9.17) is 0 Å². The first kappa shape index (κ1) is 16.6. The first-order chi connectivity index (χ1) is 13.3. The van der Waals surface area contributed by atoms with Gasteiger partial charge in [-0.3, -0.25) is 14.8 Å². The predicted molar refractivity (Wildman–Crippen MR) is 101 cm³/mol. The van der Waals surface area contributed by atoms with Crippen molar-refractivity contribution in [1.82, 2.24) is 24.7 Å². The minimum Gasteiger partial charge on any atom is -0.350 e. The molecule has 0 aliphatic carbocycles. The van der Waals surface area contributed by atoms with Crippen LogP contribution in [-0.4, -0.2) is 30.6 Å². The minimum atomic E-state index is -0.282. The van der Waals surface area contributed by atoms with Crippen LogP contribution >= 0.6 is 0 Å². The van der Waals surface area contributed by atoms with Crippen LogP contribution in [0.2, 0.25) is 0 Å². The summed E-state index contributed by atoms with van der Waals surface area (Å²) in [6.07, 6.45) is 6.49. The van der Waals surface area contributed by atoms with E-state index in [0.29, 0.717) is 23.9 Å². The number of hydrogen-bond donors (Lipinski definition) is 1. The molecule has 0 saturated heterocycles. The number of nitrogens with zero attached hydrogens (tertiary/aromatic N) is 5. The summed E-state index contributed by atoms with van der Waals surface area (Å²) in [5, 5.41) is 7.61. The quantitative estimate of drug-likeness (QED) is 0.591. The van der Waals surface area contributed by atoms with Crippen LogP contribution < -0.4 is 5.32 Å². The lowest BCUT2D eigenvalue weighted by atomic mass is 10.2. The lowest BCUT2D eigenvalue weighted by Gasteiger charge is -2.07. The molecule has 3 aromatic heterocycles. The Labute approximate surface area is 155 Å². The molecular weight excluding hydrogens is 340 g/mol. The van der Waals surface area contributed by atoms with Gasteiger partial charge in [0.15, 0.2) is 5.82 Å². The van der Waals surface area contributed by atoms with Gasteiger partial charge in [-0.05, 0) is 29.8 Å². The van der Waals surface area contributed by atoms with Crippen LogP contribution in [0.3, 0.4) is 0 Å². The molecule has 1 N–H and O–H groups in total. The van der Waals surface area contributed by atoms with Crippen molar-refractivity contribution < 1.29 is 4.79 Å². The molecule has 7 heteroatoms. The van der Waals surface area contributed by atoms with Gasteiger partial charge in [-0.2, -0.15) is 9.67 Å². The van der Waals surface area contributed by atoms with Gasteiger partial charge >= 0.3 is 0 Å². The van der Waals surface area contributed by atoms with Crippen LogP contribution in [0, 0.1) is 0 Å². The van der Waals surface area contributed by atoms with E-state index in [1.54, 1.807) is 43.0 Å². The van der Waals surface area contributed by atoms with Crippen molar-refractivity contribution in [3.05, 3.63) is 90.5 Å². The Morgan fingerprint density at radius 1 is 0.926 bits per heavy atom. The Bertz CT molecular complexity index is 1030. The first-order valence-electron chi connectivity index (χ1n) is 8.41. The fourth-order valence-corrected chi connectivity index (χ4v) is 2.58. The number of aromatic nitrogens is 5. The standard InChI is InChI=1S/C20H16N6O/c27-19(16-8-11-21-12-9-16)26-20(23-13-15-5-2-1-3-6-15)24-18(25-26)17-7-4-10-22-14-17/h1-12,14H,13H2,(H,23,24,25). The van der Waals surface area contributed by atoms with E-state index in [1.165, 1.54) is 4.68 Å². The molecule has 132 valence electrons. The molecule has 0 fully saturated rings. The van der Waals surface area contributed by atoms with Crippen molar-refractivity contribution in [2.75, 3.05) is 5.32 Å². The number of pyridine rings is 2. The Morgan fingerprint density at radius 3 is 2.48 bits per heavy atom. The SMILES string of the molecule is O=C(c1ccncc1)n1nc(-c2cccnc2)nc1NCc1ccccc1. The number of hydrogen-bond acceptors (Lipinski definition) is 6. The van der Waals surface area contributed by atoms with Gasteiger partial charge in [0, 0.05) is 42.5 Å². The number of benzene rings is 1. The fourth-order valence-electron chi connectivity index (χ4n) is 2.58. The first-order valence-corrected chi connectivity index (χ1v) is 8.41. The molecule has 0 bridgehead atoms. The third-order valence-electron chi connectivity index (χ3n) is 3.94. The molecule has 27 heavy (non-hydrogen) atoms. The summed E-state index contributed by atoms with van der Waals surface area (Å²) in [5.41, 5.74) is 2.29. The van der Waals surface area contributed by atoms with Crippen LogP contribution in [0.25, 0.3) is 11.4 Å². The average molecular weight is 356 g/mol. The van der Waals surface area contributed by atoms with Gasteiger partial charge in [-0.15, -0.1) is 5.10 Å². The molecule has 3 heterocycles. The van der Waals surface area contributed by atoms with E-state index >= 15 is 0 Å². The van der Waals surface area contributed by atoms with E-state index in [2.05, 4.69) is 25.4 Å². The third kappa shape index (κ3) is 3.72. The fraction of sp³-hybridized carbons (Fsp3) is 0.0500. The van der Waals surface area contributed by atoms with Crippen molar-refractivity contribution in [2.24, 2.45) is 0 Å². The second-order valence-corrected chi connectivity index (χ2v) is 5.79. The molecule has 0 amide bonds. The van der Waals surface area contributed by atoms with E-state index in [-0.39, 0.29) is 5.91 Å². The van der Waals surface area contributed by atoms with E-state index in [9.17, 15) is 4.79 Å². The largest absolute Gasteiger partial charge is 0.350 e. The molecule has 4 rings (SSSR count). The van der Waals surface area contributed by atoms with Gasteiger partial charge in [-0.1, -0.05) is 30.3 Å². The summed E-state index contributed by atoms with van der Waals surface area (Å²) in [4.78, 5) is 25.5. The van der Waals surface area contributed by atoms with Crippen molar-refractivity contribution in [3.8, 4) is 11.4 Å². The molecule has 7 nitrogen and oxygen atoms in total. The van der Waals surface area contributed by atoms with Crippen molar-refractivity contribution in [1.29, 1.82) is 0 Å². The lowest BCUT2D eigenvalue weighted by molar-refractivity contribution is 0.0947. The zero-order valence-corrected chi connectivity index (χ0v) is 14.4. The molecule has 0 spiro atoms. The summed E-state index contributed by atoms with van der Waals surface area (Å²) in [6, 6.07) is 16.8. The number of carbonyl (C=O) groups excluding carboxylic acids is 1. The van der Waals surface area contributed by atoms with E-state index < -0.39 is 0 Å². The summed E-state index contributed by atoms with van der Waals surface area (Å²) in [5.74, 6) is 0.524. The molecule has 0 aliphatic rings. The molecule has 4 aromatic rings. The topological polar surface area (TPSA) is 85.6 Å². The van der Waals surface area contributed by atoms with Crippen molar-refractivity contribution in [3.63, 3.8) is 0 Å². The number of anilines is 1. The number of carbonyl (C=O) groups is 1. The lowest BCUT2D eigenvalue weighted by Crippen LogP contribution is -2.17. The van der Waals surface area contributed by atoms with Crippen molar-refractivity contribution in [2.45, 2.75) is 6.54 Å². The molecule has 0 radical (unpaired) electrons. The predicted octanol–water partition coefficient (Wildman–Crippen LogP) is 3.04. The smallest absolute Gasteiger partial charge is 0.281 e. The highest BCUT2D eigenvalue weighted by Crippen LogP contribution is 2.18. The molecule has 0 atom stereocenters. The highest BCUT2D eigenvalue weighted by Gasteiger charge is 2.18. The summed E-state index contributed by atoms with van der Waals surface area (Å²) >= 11 is 0. The molecule has 1 aromatic carbocycles. The average Bonchev–Trinajstić information content (AvgIpc) is 3.18. The Hall–Kier alpha value is -3.87. The van der Waals surface area contributed by atoms with E-state index in [1.807, 2.05) is 36.4 Å². The van der Waals surface area contributed by atoms with Gasteiger partial charge < -0.3 is 5.32 Å². The maximum absolute atomic E-state index is 12.9. The Balaban J connectivity index is 1.69. The van der Waals surface area contributed by atoms with Crippen LogP contribution in [0.4, 0.5) is 5.95 Å². The van der Waals surface area contributed by atoms with Crippen LogP contribution in [0.5, 0.6) is 0 Å². The monoisotopic (exact) mass is 356 g/mol. The summed E-state index contributed by atoms with van der Waals surface area (Å²) in [7, 11) is 0. The maximum atomic E-state index is 12.9. The minimum absolute atomic E-state index is 0.282. The second kappa shape index (κ2) is 7.57. The zero-order valence-electron chi connectivity index (χ0n) is 14.4. The summed E-state index contributed by atoms with van der Waals surface area (Å²) in [6.45, 7) is 0.523. The highest BCUT2D eigenvalue weighted by atomic mass is 16.2. The number of nitrogens with one attached hydrogen (secondary N) is 1. The van der Waals surface area contributed by atoms with Crippen LogP contribution in [-0.2, 0) is 6.54 Å². The molecule has 0 saturated carbocycles. The number of rotatable bonds is 5. The molecular formula is C20H16N6O. The van der Waals surface area contributed by atoms with Gasteiger partial charge in [0.05, 0.1) is 0 Å². The Kier molecular flexibility index (Phi) is 4.65. The third-order valence-corrected chi connectivity index (χ3v) is 3.94. The normalized spacial score (nSPS) is 10.5. The van der Waals surface area contributed by atoms with Gasteiger partial charge in [-0.25, -0.2) is 0 Å². The molecule has 0 aliphatic heterocycles. The van der Waals surface area contributed by atoms with Crippen molar-refractivity contribution >= 4 is 11.9 Å². The second-order valence-electron chi connectivity index (χ2n) is 5.79. The Morgan fingerprint density at radius 2 is 1.74 bits per heavy atom. The van der Waals surface area contributed by atoms with E-state index in [0.717, 1.165) is 11.1 Å².